The van der Waals surface area contributed by atoms with E-state index >= 15 is 0 Å². The Labute approximate surface area is 106 Å². The first-order chi connectivity index (χ1) is 7.59. The fraction of sp³-hybridized carbons (Fsp3) is 0.0909. The topological polar surface area (TPSA) is 55.1 Å². The van der Waals surface area contributed by atoms with Crippen molar-refractivity contribution in [3.05, 3.63) is 45.6 Å². The average Bonchev–Trinajstić information content (AvgIpc) is 2.61. The predicted molar refractivity (Wildman–Crippen MR) is 68.0 cm³/mol. The van der Waals surface area contributed by atoms with Gasteiger partial charge >= 0.3 is 5.97 Å². The van der Waals surface area contributed by atoms with Gasteiger partial charge in [0.2, 0.25) is 0 Å². The molecule has 0 aliphatic carbocycles. The highest BCUT2D eigenvalue weighted by Gasteiger charge is 2.14. The minimum absolute atomic E-state index is 0.250. The van der Waals surface area contributed by atoms with Crippen LogP contribution >= 0.6 is 22.6 Å². The highest BCUT2D eigenvalue weighted by molar-refractivity contribution is 14.1. The average molecular weight is 328 g/mol. The maximum Gasteiger partial charge on any atom is 0.352 e. The van der Waals surface area contributed by atoms with Gasteiger partial charge in [0.25, 0.3) is 0 Å². The molecular formula is C11H9IN2O2. The first-order valence-corrected chi connectivity index (χ1v) is 5.70. The molecule has 0 unspecified atom stereocenters. The summed E-state index contributed by atoms with van der Waals surface area (Å²) in [6.45, 7) is 1.85. The van der Waals surface area contributed by atoms with Gasteiger partial charge in [0.15, 0.2) is 0 Å². The van der Waals surface area contributed by atoms with Crippen molar-refractivity contribution in [1.82, 2.24) is 9.55 Å². The monoisotopic (exact) mass is 328 g/mol. The van der Waals surface area contributed by atoms with E-state index in [4.69, 9.17) is 5.11 Å². The van der Waals surface area contributed by atoms with Crippen LogP contribution in [0.3, 0.4) is 0 Å². The molecule has 0 aliphatic rings. The highest BCUT2D eigenvalue weighted by atomic mass is 127. The first-order valence-electron chi connectivity index (χ1n) is 4.63. The van der Waals surface area contributed by atoms with E-state index in [-0.39, 0.29) is 5.69 Å². The Morgan fingerprint density at radius 3 is 2.94 bits per heavy atom. The first kappa shape index (κ1) is 11.1. The van der Waals surface area contributed by atoms with Gasteiger partial charge < -0.3 is 9.67 Å². The Balaban J connectivity index is 2.64. The Morgan fingerprint density at radius 2 is 2.31 bits per heavy atom. The number of carboxylic acids is 1. The number of pyridine rings is 1. The number of carbonyl (C=O) groups is 1. The van der Waals surface area contributed by atoms with Crippen LogP contribution in [0.15, 0.2) is 30.6 Å². The Hall–Kier alpha value is -1.37. The molecule has 0 saturated carbocycles. The number of aryl methyl sites for hydroxylation is 1. The van der Waals surface area contributed by atoms with Gasteiger partial charge in [0.1, 0.15) is 5.69 Å². The summed E-state index contributed by atoms with van der Waals surface area (Å²) in [6.07, 6.45) is 3.47. The van der Waals surface area contributed by atoms with Crippen molar-refractivity contribution >= 4 is 28.6 Å². The number of nitrogens with zero attached hydrogens (tertiary/aromatic N) is 2. The standard InChI is InChI=1S/C11H9IN2O2/c1-7-9(3-2-4-13-7)14-6-8(12)5-10(14)11(15)16/h2-6H,1H3,(H,15,16). The SMILES string of the molecule is Cc1ncccc1-n1cc(I)cc1C(=O)O. The van der Waals surface area contributed by atoms with Crippen molar-refractivity contribution in [1.29, 1.82) is 0 Å². The van der Waals surface area contributed by atoms with Crippen molar-refractivity contribution in [2.24, 2.45) is 0 Å². The van der Waals surface area contributed by atoms with Gasteiger partial charge in [0, 0.05) is 16.0 Å². The van der Waals surface area contributed by atoms with Gasteiger partial charge in [-0.1, -0.05) is 0 Å². The number of halogens is 1. The van der Waals surface area contributed by atoms with Crippen LogP contribution in [-0.2, 0) is 0 Å². The second-order valence-corrected chi connectivity index (χ2v) is 4.57. The van der Waals surface area contributed by atoms with Gasteiger partial charge in [0.05, 0.1) is 11.4 Å². The lowest BCUT2D eigenvalue weighted by Crippen LogP contribution is -2.07. The van der Waals surface area contributed by atoms with Crippen LogP contribution in [0.5, 0.6) is 0 Å². The third kappa shape index (κ3) is 1.95. The molecule has 0 aromatic carbocycles. The molecule has 0 bridgehead atoms. The van der Waals surface area contributed by atoms with Gasteiger partial charge in [-0.25, -0.2) is 4.79 Å². The molecule has 0 radical (unpaired) electrons. The van der Waals surface area contributed by atoms with Gasteiger partial charge in [-0.3, -0.25) is 4.98 Å². The number of hydrogen-bond donors (Lipinski definition) is 1. The van der Waals surface area contributed by atoms with Gasteiger partial charge in [-0.2, -0.15) is 0 Å². The number of aromatic carboxylic acids is 1. The maximum atomic E-state index is 11.1. The molecule has 2 rings (SSSR count). The largest absolute Gasteiger partial charge is 0.477 e. The molecule has 5 heteroatoms. The lowest BCUT2D eigenvalue weighted by molar-refractivity contribution is 0.0688. The van der Waals surface area contributed by atoms with Crippen LogP contribution in [0.2, 0.25) is 0 Å². The molecule has 0 fully saturated rings. The second-order valence-electron chi connectivity index (χ2n) is 3.33. The number of hydrogen-bond acceptors (Lipinski definition) is 2. The molecule has 2 aromatic rings. The summed E-state index contributed by atoms with van der Waals surface area (Å²) in [4.78, 5) is 15.2. The van der Waals surface area contributed by atoms with Crippen molar-refractivity contribution in [2.45, 2.75) is 6.92 Å². The molecule has 0 saturated heterocycles. The number of carboxylic acid groups (broad SMARTS) is 1. The molecule has 1 N–H and O–H groups in total. The molecular weight excluding hydrogens is 319 g/mol. The van der Waals surface area contributed by atoms with Crippen LogP contribution in [-0.4, -0.2) is 20.6 Å². The molecule has 0 amide bonds. The summed E-state index contributed by atoms with van der Waals surface area (Å²) >= 11 is 2.09. The minimum atomic E-state index is -0.939. The lowest BCUT2D eigenvalue weighted by Gasteiger charge is -2.08. The number of aromatic nitrogens is 2. The van der Waals surface area contributed by atoms with E-state index in [0.717, 1.165) is 15.0 Å². The summed E-state index contributed by atoms with van der Waals surface area (Å²) in [5, 5.41) is 9.09. The van der Waals surface area contributed by atoms with Crippen molar-refractivity contribution < 1.29 is 9.90 Å². The van der Waals surface area contributed by atoms with E-state index in [1.807, 2.05) is 13.0 Å². The van der Waals surface area contributed by atoms with Crippen LogP contribution in [0.25, 0.3) is 5.69 Å². The quantitative estimate of drug-likeness (QED) is 0.862. The maximum absolute atomic E-state index is 11.1. The molecule has 0 aliphatic heterocycles. The minimum Gasteiger partial charge on any atom is -0.477 e. The summed E-state index contributed by atoms with van der Waals surface area (Å²) in [5.74, 6) is -0.939. The molecule has 2 heterocycles. The highest BCUT2D eigenvalue weighted by Crippen LogP contribution is 2.19. The summed E-state index contributed by atoms with van der Waals surface area (Å²) in [7, 11) is 0. The Morgan fingerprint density at radius 1 is 1.56 bits per heavy atom. The summed E-state index contributed by atoms with van der Waals surface area (Å²) < 4.78 is 2.53. The fourth-order valence-electron chi connectivity index (χ4n) is 1.52. The molecule has 0 spiro atoms. The van der Waals surface area contributed by atoms with Crippen LogP contribution < -0.4 is 0 Å². The Bertz CT molecular complexity index is 549. The van der Waals surface area contributed by atoms with Crippen molar-refractivity contribution in [2.75, 3.05) is 0 Å². The zero-order valence-corrected chi connectivity index (χ0v) is 10.7. The molecule has 0 atom stereocenters. The lowest BCUT2D eigenvalue weighted by atomic mass is 10.3. The van der Waals surface area contributed by atoms with E-state index in [1.165, 1.54) is 0 Å². The third-order valence-electron chi connectivity index (χ3n) is 2.24. The zero-order valence-electron chi connectivity index (χ0n) is 8.51. The van der Waals surface area contributed by atoms with E-state index in [2.05, 4.69) is 27.6 Å². The molecule has 4 nitrogen and oxygen atoms in total. The van der Waals surface area contributed by atoms with Gasteiger partial charge in [-0.05, 0) is 47.7 Å². The van der Waals surface area contributed by atoms with E-state index in [0.29, 0.717) is 0 Å². The second kappa shape index (κ2) is 4.25. The predicted octanol–water partition coefficient (Wildman–Crippen LogP) is 2.48. The summed E-state index contributed by atoms with van der Waals surface area (Å²) in [5.41, 5.74) is 1.85. The normalized spacial score (nSPS) is 10.4. The molecule has 16 heavy (non-hydrogen) atoms. The van der Waals surface area contributed by atoms with Crippen LogP contribution in [0.1, 0.15) is 16.2 Å². The van der Waals surface area contributed by atoms with Crippen molar-refractivity contribution in [3.8, 4) is 5.69 Å². The van der Waals surface area contributed by atoms with Gasteiger partial charge in [-0.15, -0.1) is 0 Å². The van der Waals surface area contributed by atoms with E-state index < -0.39 is 5.97 Å². The van der Waals surface area contributed by atoms with E-state index in [1.54, 1.807) is 29.1 Å². The number of rotatable bonds is 2. The van der Waals surface area contributed by atoms with Crippen LogP contribution in [0.4, 0.5) is 0 Å². The molecule has 82 valence electrons. The fourth-order valence-corrected chi connectivity index (χ4v) is 2.10. The zero-order chi connectivity index (χ0) is 11.7. The van der Waals surface area contributed by atoms with E-state index in [9.17, 15) is 4.79 Å². The summed E-state index contributed by atoms with van der Waals surface area (Å²) in [6, 6.07) is 5.28. The van der Waals surface area contributed by atoms with Crippen molar-refractivity contribution in [3.63, 3.8) is 0 Å². The third-order valence-corrected chi connectivity index (χ3v) is 2.83. The Kier molecular flexibility index (Phi) is 2.95. The van der Waals surface area contributed by atoms with Crippen LogP contribution in [0, 0.1) is 10.5 Å². The molecule has 2 aromatic heterocycles. The smallest absolute Gasteiger partial charge is 0.352 e.